The molecule has 188 valence electrons. The number of hydrogen-bond acceptors (Lipinski definition) is 9. The Balaban J connectivity index is 1.36. The Labute approximate surface area is 211 Å². The maximum Gasteiger partial charge on any atom is 0.289 e. The molecule has 0 bridgehead atoms. The van der Waals surface area contributed by atoms with Crippen molar-refractivity contribution in [1.29, 1.82) is 0 Å². The fourth-order valence-electron chi connectivity index (χ4n) is 5.09. The summed E-state index contributed by atoms with van der Waals surface area (Å²) in [4.78, 5) is 41.0. The third-order valence-corrected chi connectivity index (χ3v) is 6.89. The number of carbonyl (C=O) groups is 3. The van der Waals surface area contributed by atoms with Crippen LogP contribution in [0.3, 0.4) is 0 Å². The number of furan rings is 1. The first kappa shape index (κ1) is 22.8. The van der Waals surface area contributed by atoms with Gasteiger partial charge in [-0.05, 0) is 31.0 Å². The summed E-state index contributed by atoms with van der Waals surface area (Å²) < 4.78 is 11.1. The Morgan fingerprint density at radius 3 is 2.57 bits per heavy atom. The van der Waals surface area contributed by atoms with E-state index in [1.165, 1.54) is 6.26 Å². The van der Waals surface area contributed by atoms with Gasteiger partial charge < -0.3 is 34.0 Å². The van der Waals surface area contributed by atoms with E-state index in [1.54, 1.807) is 29.2 Å². The van der Waals surface area contributed by atoms with Gasteiger partial charge >= 0.3 is 0 Å². The molecule has 1 aliphatic heterocycles. The van der Waals surface area contributed by atoms with Crippen LogP contribution in [0.25, 0.3) is 22.2 Å². The van der Waals surface area contributed by atoms with Gasteiger partial charge in [0.15, 0.2) is 17.3 Å². The zero-order valence-electron chi connectivity index (χ0n) is 19.9. The number of hydrogen-bond donors (Lipinski definition) is 1. The van der Waals surface area contributed by atoms with E-state index in [4.69, 9.17) is 8.94 Å². The summed E-state index contributed by atoms with van der Waals surface area (Å²) >= 11 is 0. The molecule has 1 fully saturated rings. The highest BCUT2D eigenvalue weighted by atomic mass is 16.5. The van der Waals surface area contributed by atoms with Gasteiger partial charge in [0.2, 0.25) is 0 Å². The second-order valence-electron chi connectivity index (χ2n) is 9.09. The quantitative estimate of drug-likeness (QED) is 0.336. The average molecular weight is 500 g/mol. The summed E-state index contributed by atoms with van der Waals surface area (Å²) in [7, 11) is 0. The molecule has 0 unspecified atom stereocenters. The smallest absolute Gasteiger partial charge is 0.289 e. The van der Waals surface area contributed by atoms with Crippen LogP contribution in [-0.2, 0) is 4.79 Å². The van der Waals surface area contributed by atoms with Crippen molar-refractivity contribution in [3.05, 3.63) is 65.6 Å². The Morgan fingerprint density at radius 1 is 1.05 bits per heavy atom. The van der Waals surface area contributed by atoms with Crippen LogP contribution in [0, 0.1) is 0 Å². The first-order valence-electron chi connectivity index (χ1n) is 12.1. The fraction of sp³-hybridized carbons (Fsp3) is 0.259. The standard InChI is InChI=1S/C27H24N4O6/c32-21(33)8-3-9-28-18-15-19(30-10-12-31(13-11-30)27(35)20-7-4-14-36-20)24-23-22(18)25(34)16-5-1-2-6-17(16)26(23)37-29-24/h1-2,4-7,14-15,28H,3,8-13H2,(H,32,33)/p-1. The molecule has 2 aromatic carbocycles. The van der Waals surface area contributed by atoms with Gasteiger partial charge in [-0.15, -0.1) is 0 Å². The predicted octanol–water partition coefficient (Wildman–Crippen LogP) is 2.54. The van der Waals surface area contributed by atoms with Crippen molar-refractivity contribution in [2.24, 2.45) is 0 Å². The lowest BCUT2D eigenvalue weighted by molar-refractivity contribution is -0.305. The molecule has 4 aromatic rings. The maximum atomic E-state index is 13.6. The number of anilines is 2. The number of carboxylic acids is 1. The molecule has 37 heavy (non-hydrogen) atoms. The van der Waals surface area contributed by atoms with Gasteiger partial charge in [0.1, 0.15) is 5.52 Å². The number of amides is 1. The van der Waals surface area contributed by atoms with Gasteiger partial charge in [0.05, 0.1) is 22.9 Å². The number of aromatic nitrogens is 1. The highest BCUT2D eigenvalue weighted by Gasteiger charge is 2.34. The summed E-state index contributed by atoms with van der Waals surface area (Å²) in [5.74, 6) is -0.567. The molecule has 10 nitrogen and oxygen atoms in total. The minimum absolute atomic E-state index is 0.0849. The molecule has 0 spiro atoms. The van der Waals surface area contributed by atoms with Crippen LogP contribution in [-0.4, -0.2) is 60.4 Å². The van der Waals surface area contributed by atoms with E-state index in [-0.39, 0.29) is 18.1 Å². The lowest BCUT2D eigenvalue weighted by Gasteiger charge is -2.36. The Kier molecular flexibility index (Phi) is 5.63. The zero-order valence-corrected chi connectivity index (χ0v) is 19.9. The highest BCUT2D eigenvalue weighted by molar-refractivity contribution is 6.28. The lowest BCUT2D eigenvalue weighted by Crippen LogP contribution is -2.48. The first-order valence-corrected chi connectivity index (χ1v) is 12.1. The summed E-state index contributed by atoms with van der Waals surface area (Å²) in [5.41, 5.74) is 3.65. The van der Waals surface area contributed by atoms with Gasteiger partial charge in [-0.25, -0.2) is 0 Å². The van der Waals surface area contributed by atoms with Crippen LogP contribution in [0.4, 0.5) is 11.4 Å². The van der Waals surface area contributed by atoms with Crippen molar-refractivity contribution in [3.8, 4) is 11.3 Å². The van der Waals surface area contributed by atoms with Crippen LogP contribution in [0.5, 0.6) is 0 Å². The number of nitrogens with zero attached hydrogens (tertiary/aromatic N) is 3. The lowest BCUT2D eigenvalue weighted by atomic mass is 9.86. The number of carboxylic acid groups (broad SMARTS) is 1. The molecule has 10 heteroatoms. The van der Waals surface area contributed by atoms with Gasteiger partial charge in [0, 0.05) is 55.5 Å². The summed E-state index contributed by atoms with van der Waals surface area (Å²) in [6, 6.07) is 12.5. The maximum absolute atomic E-state index is 13.6. The molecule has 6 rings (SSSR count). The zero-order chi connectivity index (χ0) is 25.5. The molecule has 1 amide bonds. The molecular weight excluding hydrogens is 476 g/mol. The fourth-order valence-corrected chi connectivity index (χ4v) is 5.09. The van der Waals surface area contributed by atoms with Crippen LogP contribution in [0.1, 0.15) is 39.3 Å². The molecule has 0 atom stereocenters. The molecule has 3 heterocycles. The molecular formula is C27H23N4O6-. The molecule has 1 aliphatic carbocycles. The van der Waals surface area contributed by atoms with Crippen molar-refractivity contribution in [1.82, 2.24) is 10.1 Å². The Hall–Kier alpha value is -4.60. The molecule has 0 saturated carbocycles. The third-order valence-electron chi connectivity index (χ3n) is 6.89. The Morgan fingerprint density at radius 2 is 1.84 bits per heavy atom. The van der Waals surface area contributed by atoms with Crippen molar-refractivity contribution < 1.29 is 28.4 Å². The SMILES string of the molecule is O=C([O-])CCCNc1cc(N2CCN(C(=O)c3ccco3)CC2)c2noc3c2c1C(=O)c1ccccc1-3. The van der Waals surface area contributed by atoms with E-state index in [0.29, 0.717) is 83.9 Å². The number of aliphatic carboxylic acids is 1. The number of ketones is 1. The first-order chi connectivity index (χ1) is 18.0. The number of benzene rings is 2. The van der Waals surface area contributed by atoms with E-state index in [9.17, 15) is 19.5 Å². The van der Waals surface area contributed by atoms with E-state index in [2.05, 4.69) is 15.4 Å². The van der Waals surface area contributed by atoms with Gasteiger partial charge in [-0.2, -0.15) is 0 Å². The van der Waals surface area contributed by atoms with Gasteiger partial charge in [-0.3, -0.25) is 9.59 Å². The topological polar surface area (TPSA) is 132 Å². The van der Waals surface area contributed by atoms with Crippen LogP contribution in [0.2, 0.25) is 0 Å². The summed E-state index contributed by atoms with van der Waals surface area (Å²) in [6.45, 7) is 2.44. The monoisotopic (exact) mass is 499 g/mol. The predicted molar refractivity (Wildman–Crippen MR) is 132 cm³/mol. The van der Waals surface area contributed by atoms with Crippen LogP contribution < -0.4 is 15.3 Å². The number of fused-ring (bicyclic) bond motifs is 2. The number of piperazine rings is 1. The highest BCUT2D eigenvalue weighted by Crippen LogP contribution is 2.45. The minimum Gasteiger partial charge on any atom is -0.550 e. The number of carbonyl (C=O) groups excluding carboxylic acids is 3. The second kappa shape index (κ2) is 9.12. The van der Waals surface area contributed by atoms with Crippen molar-refractivity contribution in [2.45, 2.75) is 12.8 Å². The van der Waals surface area contributed by atoms with Crippen molar-refractivity contribution in [2.75, 3.05) is 42.9 Å². The normalized spacial score (nSPS) is 14.6. The summed E-state index contributed by atoms with van der Waals surface area (Å²) in [6.07, 6.45) is 1.75. The van der Waals surface area contributed by atoms with E-state index in [0.717, 1.165) is 5.69 Å². The number of nitrogens with one attached hydrogen (secondary N) is 1. The van der Waals surface area contributed by atoms with Gasteiger partial charge in [-0.1, -0.05) is 29.4 Å². The van der Waals surface area contributed by atoms with E-state index >= 15 is 0 Å². The molecule has 0 radical (unpaired) electrons. The summed E-state index contributed by atoms with van der Waals surface area (Å²) in [5, 5.41) is 19.1. The van der Waals surface area contributed by atoms with Crippen LogP contribution in [0.15, 0.2) is 57.7 Å². The molecule has 2 aromatic heterocycles. The van der Waals surface area contributed by atoms with E-state index in [1.807, 2.05) is 18.2 Å². The van der Waals surface area contributed by atoms with Crippen molar-refractivity contribution >= 4 is 39.9 Å². The molecule has 1 saturated heterocycles. The minimum atomic E-state index is -1.12. The largest absolute Gasteiger partial charge is 0.550 e. The molecule has 1 N–H and O–H groups in total. The van der Waals surface area contributed by atoms with Gasteiger partial charge in [0.25, 0.3) is 5.91 Å². The molecule has 2 aliphatic rings. The van der Waals surface area contributed by atoms with Crippen LogP contribution >= 0.6 is 0 Å². The van der Waals surface area contributed by atoms with Crippen molar-refractivity contribution in [3.63, 3.8) is 0 Å². The second-order valence-corrected chi connectivity index (χ2v) is 9.09. The third kappa shape index (κ3) is 3.90. The Bertz CT molecular complexity index is 1520. The van der Waals surface area contributed by atoms with E-state index < -0.39 is 5.97 Å². The number of rotatable bonds is 7. The average Bonchev–Trinajstić information content (AvgIpc) is 3.61.